The van der Waals surface area contributed by atoms with Crippen LogP contribution in [0.3, 0.4) is 0 Å². The molecule has 4 nitrogen and oxygen atoms in total. The fourth-order valence-corrected chi connectivity index (χ4v) is 2.72. The Labute approximate surface area is 111 Å². The van der Waals surface area contributed by atoms with Gasteiger partial charge in [0.05, 0.1) is 12.1 Å². The van der Waals surface area contributed by atoms with Crippen LogP contribution in [-0.2, 0) is 6.54 Å². The molecule has 0 aliphatic rings. The van der Waals surface area contributed by atoms with Crippen molar-refractivity contribution >= 4 is 28.3 Å². The highest BCUT2D eigenvalue weighted by atomic mass is 32.1. The van der Waals surface area contributed by atoms with Crippen LogP contribution >= 0.6 is 11.3 Å². The zero-order valence-corrected chi connectivity index (χ0v) is 10.8. The van der Waals surface area contributed by atoms with Gasteiger partial charge in [-0.25, -0.2) is 18.7 Å². The van der Waals surface area contributed by atoms with Gasteiger partial charge in [-0.1, -0.05) is 0 Å². The van der Waals surface area contributed by atoms with Gasteiger partial charge in [0.15, 0.2) is 11.6 Å². The molecule has 7 heteroatoms. The van der Waals surface area contributed by atoms with E-state index in [-0.39, 0.29) is 18.0 Å². The van der Waals surface area contributed by atoms with Gasteiger partial charge in [0.2, 0.25) is 5.95 Å². The number of nitrogens with zero attached hydrogens (tertiary/aromatic N) is 3. The molecule has 0 aliphatic heterocycles. The van der Waals surface area contributed by atoms with Crippen molar-refractivity contribution < 1.29 is 8.78 Å². The lowest BCUT2D eigenvalue weighted by atomic mass is 10.3. The Morgan fingerprint density at radius 2 is 2.16 bits per heavy atom. The van der Waals surface area contributed by atoms with E-state index in [0.717, 1.165) is 16.0 Å². The van der Waals surface area contributed by atoms with E-state index in [1.54, 1.807) is 6.20 Å². The number of benzene rings is 1. The predicted octanol–water partition coefficient (Wildman–Crippen LogP) is 2.71. The maximum Gasteiger partial charge on any atom is 0.201 e. The van der Waals surface area contributed by atoms with Gasteiger partial charge < -0.3 is 10.3 Å². The summed E-state index contributed by atoms with van der Waals surface area (Å²) in [5.41, 5.74) is 6.18. The zero-order chi connectivity index (χ0) is 13.6. The van der Waals surface area contributed by atoms with Crippen LogP contribution in [-0.4, -0.2) is 14.5 Å². The monoisotopic (exact) mass is 280 g/mol. The third-order valence-electron chi connectivity index (χ3n) is 2.79. The van der Waals surface area contributed by atoms with Gasteiger partial charge in [0.1, 0.15) is 10.5 Å². The second kappa shape index (κ2) is 4.27. The number of aromatic nitrogens is 3. The van der Waals surface area contributed by atoms with E-state index in [9.17, 15) is 8.78 Å². The Hall–Kier alpha value is -2.02. The molecular formula is C12H10F2N4S. The number of hydrogen-bond acceptors (Lipinski definition) is 4. The zero-order valence-electron chi connectivity index (χ0n) is 10.0. The molecule has 3 rings (SSSR count). The maximum absolute atomic E-state index is 13.9. The van der Waals surface area contributed by atoms with E-state index in [2.05, 4.69) is 9.97 Å². The highest BCUT2D eigenvalue weighted by Crippen LogP contribution is 2.25. The fourth-order valence-electron chi connectivity index (χ4n) is 1.94. The van der Waals surface area contributed by atoms with Crippen LogP contribution in [0.2, 0.25) is 0 Å². The lowest BCUT2D eigenvalue weighted by Gasteiger charge is -2.04. The number of nitrogen functional groups attached to an aromatic ring is 1. The van der Waals surface area contributed by atoms with E-state index in [1.807, 2.05) is 6.92 Å². The first kappa shape index (κ1) is 12.0. The van der Waals surface area contributed by atoms with Gasteiger partial charge in [-0.2, -0.15) is 0 Å². The summed E-state index contributed by atoms with van der Waals surface area (Å²) in [5, 5.41) is 0.771. The van der Waals surface area contributed by atoms with Gasteiger partial charge >= 0.3 is 0 Å². The normalized spacial score (nSPS) is 11.3. The molecule has 1 aromatic carbocycles. The lowest BCUT2D eigenvalue weighted by molar-refractivity contribution is 0.512. The third-order valence-corrected chi connectivity index (χ3v) is 3.69. The predicted molar refractivity (Wildman–Crippen MR) is 70.0 cm³/mol. The molecule has 0 saturated heterocycles. The van der Waals surface area contributed by atoms with Crippen LogP contribution in [0.4, 0.5) is 14.7 Å². The van der Waals surface area contributed by atoms with E-state index >= 15 is 0 Å². The number of halogens is 2. The summed E-state index contributed by atoms with van der Waals surface area (Å²) >= 11 is 1.48. The second-order valence-electron chi connectivity index (χ2n) is 4.15. The minimum Gasteiger partial charge on any atom is -0.369 e. The Balaban J connectivity index is 2.17. The van der Waals surface area contributed by atoms with Crippen molar-refractivity contribution in [2.45, 2.75) is 13.5 Å². The highest BCUT2D eigenvalue weighted by molar-refractivity contribution is 7.11. The van der Waals surface area contributed by atoms with Gasteiger partial charge in [0, 0.05) is 11.1 Å². The number of aryl methyl sites for hydroxylation is 1. The maximum atomic E-state index is 13.9. The van der Waals surface area contributed by atoms with Gasteiger partial charge in [-0.05, 0) is 19.1 Å². The number of nitrogens with two attached hydrogens (primary N) is 1. The van der Waals surface area contributed by atoms with Crippen LogP contribution in [0.5, 0.6) is 0 Å². The lowest BCUT2D eigenvalue weighted by Crippen LogP contribution is -2.05. The molecule has 2 heterocycles. The summed E-state index contributed by atoms with van der Waals surface area (Å²) in [7, 11) is 0. The number of thiazole rings is 1. The van der Waals surface area contributed by atoms with Crippen molar-refractivity contribution in [3.63, 3.8) is 0 Å². The first-order chi connectivity index (χ1) is 9.06. The molecule has 0 unspecified atom stereocenters. The number of hydrogen-bond donors (Lipinski definition) is 1. The van der Waals surface area contributed by atoms with Crippen LogP contribution < -0.4 is 5.73 Å². The minimum atomic E-state index is -0.935. The molecule has 0 amide bonds. The minimum absolute atomic E-state index is 0.0744. The largest absolute Gasteiger partial charge is 0.369 e. The first-order valence-corrected chi connectivity index (χ1v) is 6.39. The van der Waals surface area contributed by atoms with E-state index < -0.39 is 11.6 Å². The molecule has 0 atom stereocenters. The quantitative estimate of drug-likeness (QED) is 0.785. The van der Waals surface area contributed by atoms with Crippen molar-refractivity contribution in [1.29, 1.82) is 0 Å². The number of imidazole rings is 1. The van der Waals surface area contributed by atoms with E-state index in [4.69, 9.17) is 5.73 Å². The van der Waals surface area contributed by atoms with Gasteiger partial charge in [-0.15, -0.1) is 11.3 Å². The second-order valence-corrected chi connectivity index (χ2v) is 5.47. The number of fused-ring (bicyclic) bond motifs is 1. The summed E-state index contributed by atoms with van der Waals surface area (Å²) in [6, 6.07) is 2.45. The summed E-state index contributed by atoms with van der Waals surface area (Å²) in [6.45, 7) is 2.21. The molecule has 0 fully saturated rings. The number of rotatable bonds is 2. The summed E-state index contributed by atoms with van der Waals surface area (Å²) < 4.78 is 28.6. The average molecular weight is 280 g/mol. The Bertz CT molecular complexity index is 763. The molecule has 0 radical (unpaired) electrons. The summed E-state index contributed by atoms with van der Waals surface area (Å²) in [6.07, 6.45) is 1.73. The van der Waals surface area contributed by atoms with Crippen molar-refractivity contribution in [3.05, 3.63) is 39.8 Å². The van der Waals surface area contributed by atoms with Crippen molar-refractivity contribution in [1.82, 2.24) is 14.5 Å². The van der Waals surface area contributed by atoms with E-state index in [1.165, 1.54) is 22.0 Å². The third kappa shape index (κ3) is 1.95. The molecule has 0 spiro atoms. The Morgan fingerprint density at radius 3 is 2.84 bits per heavy atom. The fraction of sp³-hybridized carbons (Fsp3) is 0.167. The van der Waals surface area contributed by atoms with Crippen LogP contribution in [0.25, 0.3) is 11.0 Å². The Morgan fingerprint density at radius 1 is 1.37 bits per heavy atom. The van der Waals surface area contributed by atoms with Crippen molar-refractivity contribution in [2.75, 3.05) is 5.73 Å². The summed E-state index contributed by atoms with van der Waals surface area (Å²) in [4.78, 5) is 9.26. The molecule has 2 aromatic heterocycles. The van der Waals surface area contributed by atoms with Crippen molar-refractivity contribution in [3.8, 4) is 0 Å². The smallest absolute Gasteiger partial charge is 0.201 e. The SMILES string of the molecule is Cc1cnc(Cn2c(N)nc3ccc(F)c(F)c32)s1. The first-order valence-electron chi connectivity index (χ1n) is 5.57. The van der Waals surface area contributed by atoms with Gasteiger partial charge in [0.25, 0.3) is 0 Å². The molecular weight excluding hydrogens is 270 g/mol. The highest BCUT2D eigenvalue weighted by Gasteiger charge is 2.16. The molecule has 2 N–H and O–H groups in total. The van der Waals surface area contributed by atoms with Crippen LogP contribution in [0.15, 0.2) is 18.3 Å². The van der Waals surface area contributed by atoms with Crippen molar-refractivity contribution in [2.24, 2.45) is 0 Å². The van der Waals surface area contributed by atoms with Crippen LogP contribution in [0, 0.1) is 18.6 Å². The molecule has 0 saturated carbocycles. The molecule has 19 heavy (non-hydrogen) atoms. The molecule has 0 aliphatic carbocycles. The summed E-state index contributed by atoms with van der Waals surface area (Å²) in [5.74, 6) is -1.70. The van der Waals surface area contributed by atoms with Gasteiger partial charge in [-0.3, -0.25) is 0 Å². The molecule has 3 aromatic rings. The Kier molecular flexibility index (Phi) is 2.70. The number of anilines is 1. The topological polar surface area (TPSA) is 56.7 Å². The van der Waals surface area contributed by atoms with Crippen LogP contribution in [0.1, 0.15) is 9.88 Å². The van der Waals surface area contributed by atoms with E-state index in [0.29, 0.717) is 5.52 Å². The average Bonchev–Trinajstić information content (AvgIpc) is 2.90. The molecule has 0 bridgehead atoms. The molecule has 98 valence electrons. The standard InChI is InChI=1S/C12H10F2N4S/c1-6-4-16-9(19-6)5-18-11-8(17-12(18)15)3-2-7(13)10(11)14/h2-4H,5H2,1H3,(H2,15,17).